The maximum Gasteiger partial charge on any atom is 0.165 e. The molecule has 0 aliphatic carbocycles. The normalized spacial score (nSPS) is 12.5. The van der Waals surface area contributed by atoms with Crippen molar-refractivity contribution in [2.24, 2.45) is 0 Å². The van der Waals surface area contributed by atoms with Crippen molar-refractivity contribution in [2.45, 2.75) is 25.9 Å². The molecule has 0 aliphatic heterocycles. The van der Waals surface area contributed by atoms with E-state index in [0.29, 0.717) is 18.8 Å². The number of aliphatic hydroxyl groups excluding tert-OH is 1. The van der Waals surface area contributed by atoms with Crippen LogP contribution in [0.25, 0.3) is 0 Å². The third-order valence-corrected chi connectivity index (χ3v) is 2.44. The highest BCUT2D eigenvalue weighted by Gasteiger charge is 2.07. The molecule has 1 N–H and O–H groups in total. The minimum Gasteiger partial charge on any atom is -0.491 e. The van der Waals surface area contributed by atoms with E-state index in [1.807, 2.05) is 0 Å². The van der Waals surface area contributed by atoms with Crippen LogP contribution in [0.1, 0.15) is 31.4 Å². The minimum absolute atomic E-state index is 0.229. The number of methoxy groups -OCH3 is 1. The lowest BCUT2D eigenvalue weighted by Crippen LogP contribution is -2.02. The summed E-state index contributed by atoms with van der Waals surface area (Å²) in [6, 6.07) is 4.51. The number of hydrogen-bond acceptors (Lipinski definition) is 3. The molecule has 0 heterocycles. The van der Waals surface area contributed by atoms with Crippen LogP contribution in [0.4, 0.5) is 4.39 Å². The summed E-state index contributed by atoms with van der Waals surface area (Å²) in [5, 5.41) is 9.29. The summed E-state index contributed by atoms with van der Waals surface area (Å²) in [6.45, 7) is 2.75. The number of rotatable bonds is 7. The first kappa shape index (κ1) is 13.9. The van der Waals surface area contributed by atoms with Gasteiger partial charge in [-0.3, -0.25) is 0 Å². The van der Waals surface area contributed by atoms with Gasteiger partial charge in [0.05, 0.1) is 12.7 Å². The Hall–Kier alpha value is -1.13. The van der Waals surface area contributed by atoms with Gasteiger partial charge in [-0.1, -0.05) is 6.07 Å². The Morgan fingerprint density at radius 3 is 2.59 bits per heavy atom. The maximum atomic E-state index is 13.5. The number of hydrogen-bond donors (Lipinski definition) is 1. The Labute approximate surface area is 101 Å². The van der Waals surface area contributed by atoms with Gasteiger partial charge in [-0.2, -0.15) is 0 Å². The summed E-state index contributed by atoms with van der Waals surface area (Å²) in [5.41, 5.74) is 0.550. The lowest BCUT2D eigenvalue weighted by molar-refractivity contribution is 0.183. The van der Waals surface area contributed by atoms with E-state index >= 15 is 0 Å². The van der Waals surface area contributed by atoms with E-state index in [1.54, 1.807) is 26.2 Å². The molecule has 0 aromatic heterocycles. The van der Waals surface area contributed by atoms with Crippen LogP contribution in [0.3, 0.4) is 0 Å². The number of aliphatic hydroxyl groups is 1. The van der Waals surface area contributed by atoms with Gasteiger partial charge in [0, 0.05) is 13.7 Å². The Morgan fingerprint density at radius 2 is 2.00 bits per heavy atom. The van der Waals surface area contributed by atoms with Gasteiger partial charge >= 0.3 is 0 Å². The highest BCUT2D eigenvalue weighted by atomic mass is 19.1. The van der Waals surface area contributed by atoms with Crippen LogP contribution in [0.5, 0.6) is 5.75 Å². The number of halogens is 1. The molecule has 1 atom stereocenters. The molecule has 1 aromatic rings. The summed E-state index contributed by atoms with van der Waals surface area (Å²) in [7, 11) is 1.65. The Balaban J connectivity index is 2.43. The van der Waals surface area contributed by atoms with Crippen LogP contribution in [0.15, 0.2) is 18.2 Å². The number of unbranched alkanes of at least 4 members (excludes halogenated alkanes) is 1. The monoisotopic (exact) mass is 242 g/mol. The summed E-state index contributed by atoms with van der Waals surface area (Å²) < 4.78 is 23.7. The zero-order valence-corrected chi connectivity index (χ0v) is 10.3. The van der Waals surface area contributed by atoms with Crippen molar-refractivity contribution in [1.29, 1.82) is 0 Å². The molecule has 1 rings (SSSR count). The van der Waals surface area contributed by atoms with E-state index in [4.69, 9.17) is 9.47 Å². The second-order valence-electron chi connectivity index (χ2n) is 3.91. The van der Waals surface area contributed by atoms with E-state index in [1.165, 1.54) is 6.07 Å². The third kappa shape index (κ3) is 4.71. The zero-order valence-electron chi connectivity index (χ0n) is 10.3. The van der Waals surface area contributed by atoms with Crippen molar-refractivity contribution < 1.29 is 19.0 Å². The Bertz CT molecular complexity index is 339. The van der Waals surface area contributed by atoms with Gasteiger partial charge < -0.3 is 14.6 Å². The fourth-order valence-corrected chi connectivity index (χ4v) is 1.42. The van der Waals surface area contributed by atoms with Crippen LogP contribution in [0, 0.1) is 5.82 Å². The molecule has 0 saturated carbocycles. The first-order valence-electron chi connectivity index (χ1n) is 5.74. The van der Waals surface area contributed by atoms with E-state index in [9.17, 15) is 9.50 Å². The Morgan fingerprint density at radius 1 is 1.29 bits per heavy atom. The highest BCUT2D eigenvalue weighted by molar-refractivity contribution is 5.30. The molecular weight excluding hydrogens is 223 g/mol. The van der Waals surface area contributed by atoms with E-state index in [0.717, 1.165) is 12.8 Å². The van der Waals surface area contributed by atoms with Crippen molar-refractivity contribution in [1.82, 2.24) is 0 Å². The average Bonchev–Trinajstić information content (AvgIpc) is 2.30. The molecule has 17 heavy (non-hydrogen) atoms. The summed E-state index contributed by atoms with van der Waals surface area (Å²) in [5.74, 6) is -0.207. The summed E-state index contributed by atoms with van der Waals surface area (Å²) in [6.07, 6.45) is 1.05. The van der Waals surface area contributed by atoms with Crippen molar-refractivity contribution in [3.05, 3.63) is 29.6 Å². The predicted octanol–water partition coefficient (Wildman–Crippen LogP) is 2.68. The van der Waals surface area contributed by atoms with E-state index in [2.05, 4.69) is 0 Å². The molecule has 0 spiro atoms. The molecule has 0 amide bonds. The van der Waals surface area contributed by atoms with Crippen LogP contribution in [0.2, 0.25) is 0 Å². The average molecular weight is 242 g/mol. The van der Waals surface area contributed by atoms with Crippen LogP contribution < -0.4 is 4.74 Å². The number of benzene rings is 1. The van der Waals surface area contributed by atoms with Crippen LogP contribution in [-0.2, 0) is 4.74 Å². The van der Waals surface area contributed by atoms with Crippen molar-refractivity contribution in [3.63, 3.8) is 0 Å². The first-order chi connectivity index (χ1) is 8.15. The zero-order chi connectivity index (χ0) is 12.7. The molecule has 96 valence electrons. The van der Waals surface area contributed by atoms with Gasteiger partial charge in [0.2, 0.25) is 0 Å². The van der Waals surface area contributed by atoms with Crippen LogP contribution in [-0.4, -0.2) is 25.4 Å². The van der Waals surface area contributed by atoms with E-state index < -0.39 is 11.9 Å². The molecular formula is C13H19FO3. The first-order valence-corrected chi connectivity index (χ1v) is 5.74. The van der Waals surface area contributed by atoms with Gasteiger partial charge in [0.1, 0.15) is 0 Å². The molecule has 1 aromatic carbocycles. The molecule has 3 nitrogen and oxygen atoms in total. The van der Waals surface area contributed by atoms with E-state index in [-0.39, 0.29) is 5.75 Å². The van der Waals surface area contributed by atoms with Gasteiger partial charge in [-0.25, -0.2) is 4.39 Å². The molecule has 0 fully saturated rings. The lowest BCUT2D eigenvalue weighted by Gasteiger charge is -2.09. The van der Waals surface area contributed by atoms with Crippen molar-refractivity contribution >= 4 is 0 Å². The van der Waals surface area contributed by atoms with Crippen molar-refractivity contribution in [3.8, 4) is 5.75 Å². The smallest absolute Gasteiger partial charge is 0.165 e. The second-order valence-corrected chi connectivity index (χ2v) is 3.91. The Kier molecular flexibility index (Phi) is 5.94. The largest absolute Gasteiger partial charge is 0.491 e. The molecule has 4 heteroatoms. The maximum absolute atomic E-state index is 13.5. The van der Waals surface area contributed by atoms with Gasteiger partial charge in [-0.15, -0.1) is 0 Å². The second kappa shape index (κ2) is 7.25. The standard InChI is InChI=1S/C13H19FO3/c1-10(15)11-5-6-13(12(14)9-11)17-8-4-3-7-16-2/h5-6,9-10,15H,3-4,7-8H2,1-2H3/t10-/m0/s1. The molecule has 0 aliphatic rings. The minimum atomic E-state index is -0.666. The SMILES string of the molecule is COCCCCOc1ccc([C@H](C)O)cc1F. The number of ether oxygens (including phenoxy) is 2. The van der Waals surface area contributed by atoms with Crippen molar-refractivity contribution in [2.75, 3.05) is 20.3 Å². The third-order valence-electron chi connectivity index (χ3n) is 2.44. The van der Waals surface area contributed by atoms with Gasteiger partial charge in [-0.05, 0) is 37.5 Å². The van der Waals surface area contributed by atoms with Gasteiger partial charge in [0.15, 0.2) is 11.6 Å². The molecule has 0 saturated heterocycles. The van der Waals surface area contributed by atoms with Crippen LogP contribution >= 0.6 is 0 Å². The predicted molar refractivity (Wildman–Crippen MR) is 63.6 cm³/mol. The molecule has 0 radical (unpaired) electrons. The lowest BCUT2D eigenvalue weighted by atomic mass is 10.1. The quantitative estimate of drug-likeness (QED) is 0.747. The fraction of sp³-hybridized carbons (Fsp3) is 0.538. The molecule has 0 unspecified atom stereocenters. The fourth-order valence-electron chi connectivity index (χ4n) is 1.42. The summed E-state index contributed by atoms with van der Waals surface area (Å²) >= 11 is 0. The summed E-state index contributed by atoms with van der Waals surface area (Å²) in [4.78, 5) is 0. The topological polar surface area (TPSA) is 38.7 Å². The molecule has 0 bridgehead atoms. The highest BCUT2D eigenvalue weighted by Crippen LogP contribution is 2.22. The van der Waals surface area contributed by atoms with Gasteiger partial charge in [0.25, 0.3) is 0 Å².